The monoisotopic (exact) mass is 352 g/mol. The molecule has 6 nitrogen and oxygen atoms in total. The van der Waals surface area contributed by atoms with Crippen LogP contribution in [0.15, 0.2) is 28.7 Å². The fraction of sp³-hybridized carbons (Fsp3) is 0.357. The standard InChI is InChI=1S/C14H17BrN4O2/c1-4-12-13(19(20)21)14(18(3)17-12)16-9(2)10-5-7-11(15)8-6-10/h5-9,16H,4H2,1-3H3. The van der Waals surface area contributed by atoms with Gasteiger partial charge in [0.1, 0.15) is 5.69 Å². The minimum atomic E-state index is -0.373. The van der Waals surface area contributed by atoms with Gasteiger partial charge in [-0.1, -0.05) is 35.0 Å². The molecule has 0 radical (unpaired) electrons. The first-order valence-electron chi connectivity index (χ1n) is 6.66. The van der Waals surface area contributed by atoms with Crippen molar-refractivity contribution in [2.45, 2.75) is 26.3 Å². The molecule has 112 valence electrons. The van der Waals surface area contributed by atoms with E-state index in [1.54, 1.807) is 7.05 Å². The van der Waals surface area contributed by atoms with Crippen LogP contribution in [0.1, 0.15) is 31.1 Å². The molecule has 0 spiro atoms. The molecule has 0 aliphatic heterocycles. The molecule has 1 N–H and O–H groups in total. The van der Waals surface area contributed by atoms with Crippen LogP contribution in [0.3, 0.4) is 0 Å². The van der Waals surface area contributed by atoms with E-state index < -0.39 is 0 Å². The van der Waals surface area contributed by atoms with Gasteiger partial charge in [-0.3, -0.25) is 10.1 Å². The van der Waals surface area contributed by atoms with E-state index in [0.717, 1.165) is 10.0 Å². The van der Waals surface area contributed by atoms with E-state index in [2.05, 4.69) is 26.3 Å². The van der Waals surface area contributed by atoms with Crippen molar-refractivity contribution >= 4 is 27.4 Å². The van der Waals surface area contributed by atoms with Crippen molar-refractivity contribution in [2.75, 3.05) is 5.32 Å². The predicted octanol–water partition coefficient (Wildman–Crippen LogP) is 3.83. The molecule has 0 saturated carbocycles. The highest BCUT2D eigenvalue weighted by molar-refractivity contribution is 9.10. The van der Waals surface area contributed by atoms with Crippen LogP contribution in [0, 0.1) is 10.1 Å². The van der Waals surface area contributed by atoms with E-state index in [1.807, 2.05) is 38.1 Å². The van der Waals surface area contributed by atoms with Crippen LogP contribution in [-0.4, -0.2) is 14.7 Å². The number of rotatable bonds is 5. The summed E-state index contributed by atoms with van der Waals surface area (Å²) in [5.41, 5.74) is 1.60. The molecule has 1 aromatic heterocycles. The molecule has 1 heterocycles. The van der Waals surface area contributed by atoms with Crippen LogP contribution in [0.4, 0.5) is 11.5 Å². The van der Waals surface area contributed by atoms with Gasteiger partial charge >= 0.3 is 5.69 Å². The third-order valence-electron chi connectivity index (χ3n) is 3.33. The molecule has 0 fully saturated rings. The Balaban J connectivity index is 2.32. The van der Waals surface area contributed by atoms with Crippen molar-refractivity contribution in [3.05, 3.63) is 50.1 Å². The lowest BCUT2D eigenvalue weighted by Gasteiger charge is -2.15. The number of hydrogen-bond donors (Lipinski definition) is 1. The van der Waals surface area contributed by atoms with Gasteiger partial charge in [0.05, 0.1) is 11.0 Å². The summed E-state index contributed by atoms with van der Waals surface area (Å²) in [6.07, 6.45) is 0.526. The Labute approximate surface area is 131 Å². The average Bonchev–Trinajstić information content (AvgIpc) is 2.76. The van der Waals surface area contributed by atoms with E-state index in [1.165, 1.54) is 4.68 Å². The smallest absolute Gasteiger partial charge is 0.333 e. The van der Waals surface area contributed by atoms with Crippen LogP contribution in [0.5, 0.6) is 0 Å². The first-order chi connectivity index (χ1) is 9.93. The van der Waals surface area contributed by atoms with Crippen LogP contribution in [0.25, 0.3) is 0 Å². The molecule has 0 aliphatic carbocycles. The highest BCUT2D eigenvalue weighted by Crippen LogP contribution is 2.31. The minimum Gasteiger partial charge on any atom is -0.358 e. The van der Waals surface area contributed by atoms with Crippen molar-refractivity contribution in [3.8, 4) is 0 Å². The van der Waals surface area contributed by atoms with E-state index in [4.69, 9.17) is 0 Å². The lowest BCUT2D eigenvalue weighted by molar-refractivity contribution is -0.384. The fourth-order valence-electron chi connectivity index (χ4n) is 2.20. The molecule has 0 aliphatic rings. The topological polar surface area (TPSA) is 73.0 Å². The van der Waals surface area contributed by atoms with Crippen molar-refractivity contribution in [2.24, 2.45) is 7.05 Å². The second kappa shape index (κ2) is 6.26. The number of benzene rings is 1. The van der Waals surface area contributed by atoms with Crippen LogP contribution < -0.4 is 5.32 Å². The zero-order valence-corrected chi connectivity index (χ0v) is 13.7. The molecular formula is C14H17BrN4O2. The van der Waals surface area contributed by atoms with Gasteiger partial charge in [-0.25, -0.2) is 4.68 Å². The van der Waals surface area contributed by atoms with Gasteiger partial charge in [0.2, 0.25) is 5.82 Å². The van der Waals surface area contributed by atoms with Crippen molar-refractivity contribution in [1.29, 1.82) is 0 Å². The van der Waals surface area contributed by atoms with E-state index in [0.29, 0.717) is 17.9 Å². The second-order valence-electron chi connectivity index (χ2n) is 4.80. The van der Waals surface area contributed by atoms with Gasteiger partial charge in [-0.2, -0.15) is 5.10 Å². The molecular weight excluding hydrogens is 336 g/mol. The zero-order chi connectivity index (χ0) is 15.6. The molecule has 1 atom stereocenters. The van der Waals surface area contributed by atoms with E-state index in [9.17, 15) is 10.1 Å². The summed E-state index contributed by atoms with van der Waals surface area (Å²) in [5.74, 6) is 0.437. The molecule has 1 aromatic carbocycles. The Hall–Kier alpha value is -1.89. The lowest BCUT2D eigenvalue weighted by atomic mass is 10.1. The number of nitrogens with one attached hydrogen (secondary N) is 1. The average molecular weight is 353 g/mol. The number of nitro groups is 1. The summed E-state index contributed by atoms with van der Waals surface area (Å²) in [6, 6.07) is 7.79. The summed E-state index contributed by atoms with van der Waals surface area (Å²) >= 11 is 3.39. The SMILES string of the molecule is CCc1nn(C)c(NC(C)c2ccc(Br)cc2)c1[N+](=O)[O-]. The largest absolute Gasteiger partial charge is 0.358 e. The summed E-state index contributed by atoms with van der Waals surface area (Å²) in [7, 11) is 1.71. The van der Waals surface area contributed by atoms with Gasteiger partial charge in [-0.05, 0) is 31.0 Å². The van der Waals surface area contributed by atoms with E-state index in [-0.39, 0.29) is 16.7 Å². The van der Waals surface area contributed by atoms with Crippen molar-refractivity contribution in [3.63, 3.8) is 0 Å². The highest BCUT2D eigenvalue weighted by Gasteiger charge is 2.26. The number of hydrogen-bond acceptors (Lipinski definition) is 4. The van der Waals surface area contributed by atoms with Crippen molar-refractivity contribution < 1.29 is 4.92 Å². The minimum absolute atomic E-state index is 0.0584. The number of aromatic nitrogens is 2. The maximum absolute atomic E-state index is 11.3. The first kappa shape index (κ1) is 15.5. The van der Waals surface area contributed by atoms with E-state index >= 15 is 0 Å². The van der Waals surface area contributed by atoms with Gasteiger partial charge in [0, 0.05) is 11.5 Å². The van der Waals surface area contributed by atoms with Crippen LogP contribution in [-0.2, 0) is 13.5 Å². The summed E-state index contributed by atoms with van der Waals surface area (Å²) < 4.78 is 2.53. The third kappa shape index (κ3) is 3.24. The molecule has 1 unspecified atom stereocenters. The number of aryl methyl sites for hydroxylation is 2. The molecule has 2 aromatic rings. The fourth-order valence-corrected chi connectivity index (χ4v) is 2.46. The number of nitrogens with zero attached hydrogens (tertiary/aromatic N) is 3. The van der Waals surface area contributed by atoms with Gasteiger partial charge in [-0.15, -0.1) is 0 Å². The lowest BCUT2D eigenvalue weighted by Crippen LogP contribution is -2.11. The van der Waals surface area contributed by atoms with Crippen LogP contribution >= 0.6 is 15.9 Å². The molecule has 0 saturated heterocycles. The first-order valence-corrected chi connectivity index (χ1v) is 7.45. The Kier molecular flexibility index (Phi) is 4.62. The van der Waals surface area contributed by atoms with Gasteiger partial charge < -0.3 is 5.32 Å². The van der Waals surface area contributed by atoms with Gasteiger partial charge in [0.25, 0.3) is 0 Å². The normalized spacial score (nSPS) is 12.2. The zero-order valence-electron chi connectivity index (χ0n) is 12.1. The quantitative estimate of drug-likeness (QED) is 0.655. The molecule has 21 heavy (non-hydrogen) atoms. The third-order valence-corrected chi connectivity index (χ3v) is 3.86. The van der Waals surface area contributed by atoms with Crippen LogP contribution in [0.2, 0.25) is 0 Å². The molecule has 2 rings (SSSR count). The molecule has 0 amide bonds. The van der Waals surface area contributed by atoms with Gasteiger partial charge in [0.15, 0.2) is 0 Å². The number of anilines is 1. The summed E-state index contributed by atoms with van der Waals surface area (Å²) in [5, 5.41) is 18.7. The predicted molar refractivity (Wildman–Crippen MR) is 85.4 cm³/mol. The molecule has 7 heteroatoms. The maximum Gasteiger partial charge on any atom is 0.333 e. The summed E-state index contributed by atoms with van der Waals surface area (Å²) in [6.45, 7) is 3.82. The Morgan fingerprint density at radius 1 is 1.43 bits per heavy atom. The summed E-state index contributed by atoms with van der Waals surface area (Å²) in [4.78, 5) is 10.9. The Morgan fingerprint density at radius 2 is 2.05 bits per heavy atom. The highest BCUT2D eigenvalue weighted by atomic mass is 79.9. The van der Waals surface area contributed by atoms with Crippen molar-refractivity contribution in [1.82, 2.24) is 9.78 Å². The Bertz CT molecular complexity index is 652. The maximum atomic E-state index is 11.3. The molecule has 0 bridgehead atoms. The number of halogens is 1. The Morgan fingerprint density at radius 3 is 2.57 bits per heavy atom. The second-order valence-corrected chi connectivity index (χ2v) is 5.71.